The molecule has 122 valence electrons. The van der Waals surface area contributed by atoms with Crippen LogP contribution >= 0.6 is 8.35 Å². The predicted octanol–water partition coefficient (Wildman–Crippen LogP) is -0.0427. The topological polar surface area (TPSA) is 4.93 Å². The van der Waals surface area contributed by atoms with Gasteiger partial charge in [0.25, 0.3) is 0 Å². The van der Waals surface area contributed by atoms with Crippen LogP contribution in [0.4, 0.5) is 0 Å². The van der Waals surface area contributed by atoms with Crippen molar-refractivity contribution in [3.63, 3.8) is 0 Å². The zero-order valence-electron chi connectivity index (χ0n) is 13.6. The molecule has 0 unspecified atom stereocenters. The normalized spacial score (nSPS) is 9.42. The molecular weight excluding hydrogens is 435 g/mol. The molecule has 3 aromatic carbocycles. The average molecular weight is 453 g/mol. The Balaban J connectivity index is 0.000000463. The molecule has 0 radical (unpaired) electrons. The third kappa shape index (κ3) is 5.71. The molecule has 24 heavy (non-hydrogen) atoms. The summed E-state index contributed by atoms with van der Waals surface area (Å²) in [6.07, 6.45) is 2.11. The van der Waals surface area contributed by atoms with Crippen LogP contribution in [-0.2, 0) is 26.2 Å². The van der Waals surface area contributed by atoms with E-state index in [0.717, 1.165) is 0 Å². The standard InChI is InChI=1S/C12H9NP.C7H9.2ClH.Zr/c1-2-5-11-9-12(8-10(11)4-1)13-6-3-7-14-13;1-6-4-3-5-7(6)2;;;/h1-9H;3-5H,1-2H3;2*1H;/q2*-1;;;+4/p-2. The van der Waals surface area contributed by atoms with Crippen molar-refractivity contribution in [2.75, 3.05) is 0 Å². The van der Waals surface area contributed by atoms with Crippen molar-refractivity contribution in [1.82, 2.24) is 4.33 Å². The molecule has 0 aliphatic rings. The monoisotopic (exact) mass is 451 g/mol. The van der Waals surface area contributed by atoms with E-state index in [1.165, 1.54) is 35.9 Å². The van der Waals surface area contributed by atoms with Gasteiger partial charge >= 0.3 is 26.2 Å². The Bertz CT molecular complexity index is 784. The van der Waals surface area contributed by atoms with Crippen molar-refractivity contribution < 1.29 is 51.0 Å². The van der Waals surface area contributed by atoms with Crippen LogP contribution in [0.25, 0.3) is 16.5 Å². The number of hydrogen-bond donors (Lipinski definition) is 0. The fourth-order valence-electron chi connectivity index (χ4n) is 2.29. The van der Waals surface area contributed by atoms with Gasteiger partial charge in [-0.3, -0.25) is 0 Å². The molecule has 0 amide bonds. The molecule has 0 atom stereocenters. The molecule has 0 bridgehead atoms. The smallest absolute Gasteiger partial charge is 1.00 e. The zero-order chi connectivity index (χ0) is 14.7. The molecule has 0 spiro atoms. The van der Waals surface area contributed by atoms with Crippen molar-refractivity contribution in [1.29, 1.82) is 0 Å². The summed E-state index contributed by atoms with van der Waals surface area (Å²) in [4.78, 5) is 0. The number of rotatable bonds is 1. The molecule has 0 saturated carbocycles. The quantitative estimate of drug-likeness (QED) is 0.357. The molecule has 0 fully saturated rings. The van der Waals surface area contributed by atoms with Crippen LogP contribution < -0.4 is 24.8 Å². The minimum atomic E-state index is 0. The second kappa shape index (κ2) is 11.1. The first kappa shape index (κ1) is 23.4. The molecule has 0 aliphatic heterocycles. The summed E-state index contributed by atoms with van der Waals surface area (Å²) < 4.78 is 2.22. The number of benzene rings is 1. The summed E-state index contributed by atoms with van der Waals surface area (Å²) in [7, 11) is 1.23. The first-order chi connectivity index (χ1) is 10.2. The molecule has 1 nitrogen and oxygen atoms in total. The van der Waals surface area contributed by atoms with Gasteiger partial charge in [-0.2, -0.15) is 17.2 Å². The van der Waals surface area contributed by atoms with E-state index in [0.29, 0.717) is 0 Å². The molecular formula is C19H18Cl2NPZr. The molecule has 0 aliphatic carbocycles. The number of halogens is 2. The van der Waals surface area contributed by atoms with Crippen LogP contribution in [0, 0.1) is 13.8 Å². The Morgan fingerprint density at radius 1 is 1.04 bits per heavy atom. The Labute approximate surface area is 176 Å². The Hall–Kier alpha value is -0.647. The van der Waals surface area contributed by atoms with Gasteiger partial charge in [0.05, 0.1) is 0 Å². The van der Waals surface area contributed by atoms with Gasteiger partial charge in [0, 0.05) is 14.5 Å². The number of aryl methyl sites for hydroxylation is 2. The van der Waals surface area contributed by atoms with E-state index in [2.05, 4.69) is 90.8 Å². The summed E-state index contributed by atoms with van der Waals surface area (Å²) in [6, 6.07) is 21.3. The fourth-order valence-corrected chi connectivity index (χ4v) is 2.99. The van der Waals surface area contributed by atoms with Gasteiger partial charge in [-0.25, -0.2) is 12.1 Å². The number of fused-ring (bicyclic) bond motifs is 1. The summed E-state index contributed by atoms with van der Waals surface area (Å²) >= 11 is 0. The average Bonchev–Trinajstić information content (AvgIpc) is 3.21. The maximum absolute atomic E-state index is 2.23. The van der Waals surface area contributed by atoms with Crippen LogP contribution in [-0.4, -0.2) is 4.33 Å². The Morgan fingerprint density at radius 2 is 1.79 bits per heavy atom. The van der Waals surface area contributed by atoms with E-state index in [-0.39, 0.29) is 51.0 Å². The third-order valence-electron chi connectivity index (χ3n) is 3.69. The largest absolute Gasteiger partial charge is 4.00 e. The minimum absolute atomic E-state index is 0. The SMILES string of the molecule is Cc1ccc[c-]1C.[Cl-].[Cl-].[Zr+4].c1ccc2[cH-]c(-n3cccp3)cc2c1. The zero-order valence-corrected chi connectivity index (χ0v) is 18.4. The van der Waals surface area contributed by atoms with Crippen LogP contribution in [0.5, 0.6) is 0 Å². The Morgan fingerprint density at radius 3 is 2.29 bits per heavy atom. The van der Waals surface area contributed by atoms with Gasteiger partial charge in [-0.05, 0) is 17.6 Å². The van der Waals surface area contributed by atoms with E-state index in [4.69, 9.17) is 0 Å². The summed E-state index contributed by atoms with van der Waals surface area (Å²) in [5, 5.41) is 2.64. The molecule has 5 heteroatoms. The van der Waals surface area contributed by atoms with Crippen molar-refractivity contribution >= 4 is 19.1 Å². The summed E-state index contributed by atoms with van der Waals surface area (Å²) in [5.41, 5.74) is 4.05. The molecule has 1 heterocycles. The van der Waals surface area contributed by atoms with Gasteiger partial charge in [0.15, 0.2) is 0 Å². The molecule has 0 saturated heterocycles. The summed E-state index contributed by atoms with van der Waals surface area (Å²) in [6.45, 7) is 4.24. The van der Waals surface area contributed by atoms with Crippen molar-refractivity contribution in [3.8, 4) is 5.69 Å². The van der Waals surface area contributed by atoms with Crippen LogP contribution in [0.2, 0.25) is 0 Å². The first-order valence-corrected chi connectivity index (χ1v) is 8.00. The number of nitrogens with zero attached hydrogens (tertiary/aromatic N) is 1. The van der Waals surface area contributed by atoms with Crippen molar-refractivity contribution in [3.05, 3.63) is 83.8 Å². The van der Waals surface area contributed by atoms with Crippen molar-refractivity contribution in [2.24, 2.45) is 0 Å². The third-order valence-corrected chi connectivity index (χ3v) is 4.60. The fraction of sp³-hybridized carbons (Fsp3) is 0.105. The van der Waals surface area contributed by atoms with Crippen LogP contribution in [0.3, 0.4) is 0 Å². The van der Waals surface area contributed by atoms with Gasteiger partial charge in [-0.1, -0.05) is 19.9 Å². The summed E-state index contributed by atoms with van der Waals surface area (Å²) in [5.74, 6) is 2.14. The van der Waals surface area contributed by atoms with E-state index >= 15 is 0 Å². The van der Waals surface area contributed by atoms with E-state index in [1.807, 2.05) is 0 Å². The maximum atomic E-state index is 2.23. The second-order valence-corrected chi connectivity index (χ2v) is 6.14. The van der Waals surface area contributed by atoms with Gasteiger partial charge < -0.3 is 29.1 Å². The second-order valence-electron chi connectivity index (χ2n) is 5.18. The van der Waals surface area contributed by atoms with E-state index < -0.39 is 0 Å². The minimum Gasteiger partial charge on any atom is -1.00 e. The van der Waals surface area contributed by atoms with Gasteiger partial charge in [0.2, 0.25) is 0 Å². The molecule has 0 N–H and O–H groups in total. The first-order valence-electron chi connectivity index (χ1n) is 7.08. The molecule has 4 aromatic rings. The predicted molar refractivity (Wildman–Crippen MR) is 92.9 cm³/mol. The van der Waals surface area contributed by atoms with Crippen LogP contribution in [0.1, 0.15) is 11.1 Å². The molecule has 1 aromatic heterocycles. The van der Waals surface area contributed by atoms with Gasteiger partial charge in [-0.15, -0.1) is 41.1 Å². The van der Waals surface area contributed by atoms with Crippen LogP contribution in [0.15, 0.2) is 72.7 Å². The van der Waals surface area contributed by atoms with E-state index in [1.54, 1.807) is 0 Å². The number of hydrogen-bond acceptors (Lipinski definition) is 0. The van der Waals surface area contributed by atoms with Crippen molar-refractivity contribution in [2.45, 2.75) is 13.8 Å². The Kier molecular flexibility index (Phi) is 10.8. The maximum Gasteiger partial charge on any atom is 4.00 e. The van der Waals surface area contributed by atoms with Gasteiger partial charge in [0.1, 0.15) is 0 Å². The molecule has 4 rings (SSSR count). The van der Waals surface area contributed by atoms with E-state index in [9.17, 15) is 0 Å². The number of aromatic nitrogens is 1.